The van der Waals surface area contributed by atoms with E-state index >= 15 is 0 Å². The SMILES string of the molecule is COc1cc(CNCC(C)C)ccc1C#N. The van der Waals surface area contributed by atoms with E-state index in [1.165, 1.54) is 0 Å². The van der Waals surface area contributed by atoms with E-state index in [4.69, 9.17) is 10.00 Å². The van der Waals surface area contributed by atoms with E-state index < -0.39 is 0 Å². The fraction of sp³-hybridized carbons (Fsp3) is 0.462. The average molecular weight is 218 g/mol. The van der Waals surface area contributed by atoms with Crippen LogP contribution < -0.4 is 10.1 Å². The van der Waals surface area contributed by atoms with Crippen molar-refractivity contribution in [3.63, 3.8) is 0 Å². The minimum absolute atomic E-state index is 0.579. The average Bonchev–Trinajstić information content (AvgIpc) is 2.28. The Morgan fingerprint density at radius 1 is 1.44 bits per heavy atom. The molecule has 1 aromatic rings. The molecule has 0 spiro atoms. The Kier molecular flexibility index (Phi) is 4.81. The molecule has 0 fully saturated rings. The summed E-state index contributed by atoms with van der Waals surface area (Å²) in [5.74, 6) is 1.28. The highest BCUT2D eigenvalue weighted by molar-refractivity contribution is 5.45. The molecule has 1 rings (SSSR count). The lowest BCUT2D eigenvalue weighted by Crippen LogP contribution is -2.18. The third kappa shape index (κ3) is 3.56. The highest BCUT2D eigenvalue weighted by Crippen LogP contribution is 2.19. The van der Waals surface area contributed by atoms with E-state index in [2.05, 4.69) is 25.2 Å². The number of nitrogens with zero attached hydrogens (tertiary/aromatic N) is 1. The van der Waals surface area contributed by atoms with Crippen LogP contribution in [-0.2, 0) is 6.54 Å². The number of nitriles is 1. The normalized spacial score (nSPS) is 10.2. The molecule has 0 unspecified atom stereocenters. The first-order valence-electron chi connectivity index (χ1n) is 5.45. The maximum Gasteiger partial charge on any atom is 0.136 e. The van der Waals surface area contributed by atoms with Gasteiger partial charge in [0.15, 0.2) is 0 Å². The number of ether oxygens (including phenoxy) is 1. The van der Waals surface area contributed by atoms with Gasteiger partial charge in [-0.05, 0) is 30.2 Å². The smallest absolute Gasteiger partial charge is 0.136 e. The van der Waals surface area contributed by atoms with Gasteiger partial charge in [-0.2, -0.15) is 5.26 Å². The third-order valence-corrected chi connectivity index (χ3v) is 2.27. The highest BCUT2D eigenvalue weighted by Gasteiger charge is 2.03. The third-order valence-electron chi connectivity index (χ3n) is 2.27. The Balaban J connectivity index is 2.65. The monoisotopic (exact) mass is 218 g/mol. The van der Waals surface area contributed by atoms with Gasteiger partial charge in [0.05, 0.1) is 12.7 Å². The number of benzene rings is 1. The minimum Gasteiger partial charge on any atom is -0.495 e. The summed E-state index contributed by atoms with van der Waals surface area (Å²) in [7, 11) is 1.58. The maximum absolute atomic E-state index is 8.84. The Morgan fingerprint density at radius 3 is 2.75 bits per heavy atom. The van der Waals surface area contributed by atoms with Gasteiger partial charge >= 0.3 is 0 Å². The molecule has 1 N–H and O–H groups in total. The van der Waals surface area contributed by atoms with E-state index in [0.717, 1.165) is 18.7 Å². The van der Waals surface area contributed by atoms with Crippen LogP contribution in [0.15, 0.2) is 18.2 Å². The Morgan fingerprint density at radius 2 is 2.19 bits per heavy atom. The predicted octanol–water partition coefficient (Wildman–Crippen LogP) is 2.31. The number of nitrogens with one attached hydrogen (secondary N) is 1. The summed E-state index contributed by atoms with van der Waals surface area (Å²) in [6.07, 6.45) is 0. The van der Waals surface area contributed by atoms with Crippen molar-refractivity contribution in [2.75, 3.05) is 13.7 Å². The van der Waals surface area contributed by atoms with Gasteiger partial charge in [-0.3, -0.25) is 0 Å². The highest BCUT2D eigenvalue weighted by atomic mass is 16.5. The molecular formula is C13H18N2O. The molecule has 0 aromatic heterocycles. The van der Waals surface area contributed by atoms with Gasteiger partial charge in [-0.25, -0.2) is 0 Å². The van der Waals surface area contributed by atoms with Crippen LogP contribution >= 0.6 is 0 Å². The lowest BCUT2D eigenvalue weighted by atomic mass is 10.1. The Hall–Kier alpha value is -1.53. The van der Waals surface area contributed by atoms with Crippen molar-refractivity contribution < 1.29 is 4.74 Å². The molecule has 16 heavy (non-hydrogen) atoms. The molecule has 0 saturated carbocycles. The number of methoxy groups -OCH3 is 1. The second-order valence-electron chi connectivity index (χ2n) is 4.17. The van der Waals surface area contributed by atoms with Gasteiger partial charge < -0.3 is 10.1 Å². The van der Waals surface area contributed by atoms with Crippen LogP contribution in [0.5, 0.6) is 5.75 Å². The largest absolute Gasteiger partial charge is 0.495 e. The lowest BCUT2D eigenvalue weighted by molar-refractivity contribution is 0.412. The van der Waals surface area contributed by atoms with E-state index in [1.54, 1.807) is 13.2 Å². The molecule has 3 heteroatoms. The van der Waals surface area contributed by atoms with Crippen LogP contribution in [0.1, 0.15) is 25.0 Å². The Bertz CT molecular complexity index is 380. The van der Waals surface area contributed by atoms with Crippen LogP contribution in [-0.4, -0.2) is 13.7 Å². The van der Waals surface area contributed by atoms with Gasteiger partial charge in [0.1, 0.15) is 11.8 Å². The standard InChI is InChI=1S/C13H18N2O/c1-10(2)8-15-9-11-4-5-12(7-14)13(6-11)16-3/h4-6,10,15H,8-9H2,1-3H3. The van der Waals surface area contributed by atoms with Crippen LogP contribution in [0, 0.1) is 17.2 Å². The van der Waals surface area contributed by atoms with E-state index in [-0.39, 0.29) is 0 Å². The van der Waals surface area contributed by atoms with Crippen molar-refractivity contribution >= 4 is 0 Å². The summed E-state index contributed by atoms with van der Waals surface area (Å²) in [6.45, 7) is 6.14. The zero-order chi connectivity index (χ0) is 12.0. The van der Waals surface area contributed by atoms with Gasteiger partial charge in [-0.15, -0.1) is 0 Å². The summed E-state index contributed by atoms with van der Waals surface area (Å²) in [5.41, 5.74) is 1.71. The second-order valence-corrected chi connectivity index (χ2v) is 4.17. The molecule has 86 valence electrons. The first kappa shape index (κ1) is 12.5. The number of hydrogen-bond donors (Lipinski definition) is 1. The first-order chi connectivity index (χ1) is 7.67. The zero-order valence-corrected chi connectivity index (χ0v) is 10.1. The van der Waals surface area contributed by atoms with Gasteiger partial charge in [0.25, 0.3) is 0 Å². The summed E-state index contributed by atoms with van der Waals surface area (Å²) >= 11 is 0. The molecule has 0 heterocycles. The van der Waals surface area contributed by atoms with Gasteiger partial charge in [0.2, 0.25) is 0 Å². The molecule has 0 radical (unpaired) electrons. The van der Waals surface area contributed by atoms with Crippen LogP contribution in [0.3, 0.4) is 0 Å². The molecule has 1 aromatic carbocycles. The quantitative estimate of drug-likeness (QED) is 0.824. The fourth-order valence-corrected chi connectivity index (χ4v) is 1.44. The molecule has 0 amide bonds. The molecule has 0 bridgehead atoms. The van der Waals surface area contributed by atoms with E-state index in [0.29, 0.717) is 17.2 Å². The molecule has 0 aliphatic heterocycles. The second kappa shape index (κ2) is 6.14. The summed E-state index contributed by atoms with van der Waals surface area (Å²) in [5, 5.41) is 12.2. The lowest BCUT2D eigenvalue weighted by Gasteiger charge is -2.09. The van der Waals surface area contributed by atoms with Crippen molar-refractivity contribution in [3.8, 4) is 11.8 Å². The maximum atomic E-state index is 8.84. The number of rotatable bonds is 5. The van der Waals surface area contributed by atoms with Gasteiger partial charge in [0, 0.05) is 6.54 Å². The number of hydrogen-bond acceptors (Lipinski definition) is 3. The van der Waals surface area contributed by atoms with Crippen LogP contribution in [0.25, 0.3) is 0 Å². The summed E-state index contributed by atoms with van der Waals surface area (Å²) in [6, 6.07) is 7.76. The van der Waals surface area contributed by atoms with Crippen molar-refractivity contribution in [1.82, 2.24) is 5.32 Å². The van der Waals surface area contributed by atoms with Crippen molar-refractivity contribution in [2.45, 2.75) is 20.4 Å². The molecule has 0 saturated heterocycles. The minimum atomic E-state index is 0.579. The van der Waals surface area contributed by atoms with Crippen molar-refractivity contribution in [3.05, 3.63) is 29.3 Å². The summed E-state index contributed by atoms with van der Waals surface area (Å²) in [4.78, 5) is 0. The molecule has 0 atom stereocenters. The molecule has 3 nitrogen and oxygen atoms in total. The van der Waals surface area contributed by atoms with E-state index in [9.17, 15) is 0 Å². The fourth-order valence-electron chi connectivity index (χ4n) is 1.44. The predicted molar refractivity (Wildman–Crippen MR) is 64.3 cm³/mol. The van der Waals surface area contributed by atoms with E-state index in [1.807, 2.05) is 12.1 Å². The van der Waals surface area contributed by atoms with Gasteiger partial charge in [-0.1, -0.05) is 19.9 Å². The van der Waals surface area contributed by atoms with Crippen LogP contribution in [0.2, 0.25) is 0 Å². The van der Waals surface area contributed by atoms with Crippen LogP contribution in [0.4, 0.5) is 0 Å². The molecular weight excluding hydrogens is 200 g/mol. The molecule has 0 aliphatic carbocycles. The van der Waals surface area contributed by atoms with Crippen molar-refractivity contribution in [2.24, 2.45) is 5.92 Å². The topological polar surface area (TPSA) is 45.0 Å². The Labute approximate surface area is 97.0 Å². The zero-order valence-electron chi connectivity index (χ0n) is 10.1. The molecule has 0 aliphatic rings. The first-order valence-corrected chi connectivity index (χ1v) is 5.45. The van der Waals surface area contributed by atoms with Crippen molar-refractivity contribution in [1.29, 1.82) is 5.26 Å². The summed E-state index contributed by atoms with van der Waals surface area (Å²) < 4.78 is 5.15.